The first-order chi connectivity index (χ1) is 14.9. The van der Waals surface area contributed by atoms with Crippen LogP contribution in [0.4, 0.5) is 13.2 Å². The highest BCUT2D eigenvalue weighted by molar-refractivity contribution is 6.30. The van der Waals surface area contributed by atoms with Crippen molar-refractivity contribution in [1.29, 1.82) is 0 Å². The lowest BCUT2D eigenvalue weighted by atomic mass is 9.94. The fraction of sp³-hybridized carbons (Fsp3) is 0.0952. The van der Waals surface area contributed by atoms with E-state index in [2.05, 4.69) is 15.1 Å². The Balaban J connectivity index is 1.98. The number of methoxy groups -OCH3 is 1. The number of aromatic nitrogens is 3. The maximum absolute atomic E-state index is 14.7. The number of halogens is 4. The lowest BCUT2D eigenvalue weighted by Gasteiger charge is -2.15. The normalized spacial score (nSPS) is 12.1. The number of ether oxygens (including phenoxy) is 1. The van der Waals surface area contributed by atoms with Crippen LogP contribution in [-0.4, -0.2) is 27.3 Å². The summed E-state index contributed by atoms with van der Waals surface area (Å²) in [7, 11) is 1.34. The summed E-state index contributed by atoms with van der Waals surface area (Å²) in [5.74, 6) is -2.68. The van der Waals surface area contributed by atoms with Gasteiger partial charge in [-0.25, -0.2) is 23.1 Å². The molecule has 31 heavy (non-hydrogen) atoms. The zero-order chi connectivity index (χ0) is 22.1. The molecule has 1 unspecified atom stereocenters. The molecule has 2 aromatic carbocycles. The van der Waals surface area contributed by atoms with E-state index in [0.717, 1.165) is 18.2 Å². The molecule has 0 aliphatic carbocycles. The van der Waals surface area contributed by atoms with Gasteiger partial charge in [0.25, 0.3) is 0 Å². The van der Waals surface area contributed by atoms with Gasteiger partial charge in [-0.2, -0.15) is 0 Å². The van der Waals surface area contributed by atoms with Crippen molar-refractivity contribution < 1.29 is 27.5 Å². The molecule has 0 radical (unpaired) electrons. The average molecular weight is 448 g/mol. The van der Waals surface area contributed by atoms with Crippen LogP contribution in [0.2, 0.25) is 5.02 Å². The Morgan fingerprint density at radius 1 is 1.06 bits per heavy atom. The van der Waals surface area contributed by atoms with Gasteiger partial charge in [-0.1, -0.05) is 16.8 Å². The summed E-state index contributed by atoms with van der Waals surface area (Å²) in [5, 5.41) is 15.2. The van der Waals surface area contributed by atoms with Crippen LogP contribution in [-0.2, 0) is 0 Å². The summed E-state index contributed by atoms with van der Waals surface area (Å²) in [6, 6.07) is 6.63. The Hall–Kier alpha value is -3.43. The first-order valence-electron chi connectivity index (χ1n) is 8.83. The molecule has 4 rings (SSSR count). The van der Waals surface area contributed by atoms with Crippen molar-refractivity contribution in [3.8, 4) is 28.5 Å². The van der Waals surface area contributed by atoms with Gasteiger partial charge < -0.3 is 14.4 Å². The SMILES string of the molecule is COc1ncncc1C(O)c1c(-c2ccc(Cl)cc2F)noc1-c1ccc(F)cc1F. The highest BCUT2D eigenvalue weighted by Gasteiger charge is 2.31. The van der Waals surface area contributed by atoms with Crippen molar-refractivity contribution in [3.63, 3.8) is 0 Å². The van der Waals surface area contributed by atoms with Crippen LogP contribution in [0, 0.1) is 17.5 Å². The van der Waals surface area contributed by atoms with Crippen molar-refractivity contribution in [2.75, 3.05) is 7.11 Å². The van der Waals surface area contributed by atoms with E-state index in [4.69, 9.17) is 20.9 Å². The number of benzene rings is 2. The number of aliphatic hydroxyl groups excluding tert-OH is 1. The summed E-state index contributed by atoms with van der Waals surface area (Å²) < 4.78 is 53.0. The summed E-state index contributed by atoms with van der Waals surface area (Å²) in [5.41, 5.74) is -0.315. The first-order valence-corrected chi connectivity index (χ1v) is 9.21. The number of hydrogen-bond acceptors (Lipinski definition) is 6. The Labute approximate surface area is 178 Å². The van der Waals surface area contributed by atoms with Crippen molar-refractivity contribution in [2.45, 2.75) is 6.10 Å². The molecule has 0 amide bonds. The van der Waals surface area contributed by atoms with Gasteiger partial charge in [-0.05, 0) is 30.3 Å². The third-order valence-corrected chi connectivity index (χ3v) is 4.79. The lowest BCUT2D eigenvalue weighted by molar-refractivity contribution is 0.213. The minimum atomic E-state index is -1.55. The molecule has 0 saturated carbocycles. The molecule has 0 fully saturated rings. The van der Waals surface area contributed by atoms with Crippen LogP contribution >= 0.6 is 11.6 Å². The Bertz CT molecular complexity index is 1200. The third-order valence-electron chi connectivity index (χ3n) is 4.55. The van der Waals surface area contributed by atoms with E-state index in [1.54, 1.807) is 0 Å². The molecule has 1 atom stereocenters. The molecular formula is C21H13ClF3N3O3. The summed E-state index contributed by atoms with van der Waals surface area (Å²) in [6.07, 6.45) is 0.950. The highest BCUT2D eigenvalue weighted by Crippen LogP contribution is 2.42. The zero-order valence-electron chi connectivity index (χ0n) is 15.8. The van der Waals surface area contributed by atoms with Crippen LogP contribution < -0.4 is 4.74 Å². The molecule has 10 heteroatoms. The highest BCUT2D eigenvalue weighted by atomic mass is 35.5. The predicted octanol–water partition coefficient (Wildman–Crippen LogP) is 4.96. The molecule has 4 aromatic rings. The Morgan fingerprint density at radius 2 is 1.81 bits per heavy atom. The second kappa shape index (κ2) is 8.37. The van der Waals surface area contributed by atoms with E-state index in [9.17, 15) is 18.3 Å². The molecule has 1 N–H and O–H groups in total. The molecule has 6 nitrogen and oxygen atoms in total. The van der Waals surface area contributed by atoms with Crippen molar-refractivity contribution in [2.24, 2.45) is 0 Å². The first kappa shape index (κ1) is 20.8. The van der Waals surface area contributed by atoms with Gasteiger partial charge in [-0.3, -0.25) is 0 Å². The number of aliphatic hydroxyl groups is 1. The number of hydrogen-bond donors (Lipinski definition) is 1. The maximum atomic E-state index is 14.7. The minimum absolute atomic E-state index is 0.0387. The molecule has 0 spiro atoms. The van der Waals surface area contributed by atoms with Crippen molar-refractivity contribution in [3.05, 3.63) is 82.5 Å². The van der Waals surface area contributed by atoms with Crippen LogP contribution in [0.5, 0.6) is 5.88 Å². The van der Waals surface area contributed by atoms with Crippen LogP contribution in [0.15, 0.2) is 53.4 Å². The van der Waals surface area contributed by atoms with Gasteiger partial charge in [0, 0.05) is 22.8 Å². The fourth-order valence-corrected chi connectivity index (χ4v) is 3.30. The summed E-state index contributed by atoms with van der Waals surface area (Å²) in [4.78, 5) is 7.80. The predicted molar refractivity (Wildman–Crippen MR) is 105 cm³/mol. The van der Waals surface area contributed by atoms with Gasteiger partial charge in [0.15, 0.2) is 5.76 Å². The molecule has 0 aliphatic rings. The fourth-order valence-electron chi connectivity index (χ4n) is 3.14. The van der Waals surface area contributed by atoms with E-state index in [1.807, 2.05) is 0 Å². The van der Waals surface area contributed by atoms with Gasteiger partial charge in [0.05, 0.1) is 23.8 Å². The van der Waals surface area contributed by atoms with E-state index in [0.29, 0.717) is 6.07 Å². The summed E-state index contributed by atoms with van der Waals surface area (Å²) >= 11 is 5.83. The topological polar surface area (TPSA) is 81.3 Å². The average Bonchev–Trinajstić information content (AvgIpc) is 3.17. The van der Waals surface area contributed by atoms with Crippen LogP contribution in [0.1, 0.15) is 17.2 Å². The largest absolute Gasteiger partial charge is 0.481 e. The van der Waals surface area contributed by atoms with Crippen LogP contribution in [0.25, 0.3) is 22.6 Å². The Morgan fingerprint density at radius 3 is 2.52 bits per heavy atom. The van der Waals surface area contributed by atoms with E-state index in [1.165, 1.54) is 31.8 Å². The number of rotatable bonds is 5. The van der Waals surface area contributed by atoms with E-state index < -0.39 is 23.6 Å². The second-order valence-corrected chi connectivity index (χ2v) is 6.85. The Kier molecular flexibility index (Phi) is 5.62. The zero-order valence-corrected chi connectivity index (χ0v) is 16.6. The monoisotopic (exact) mass is 447 g/mol. The molecule has 0 bridgehead atoms. The molecular weight excluding hydrogens is 435 g/mol. The van der Waals surface area contributed by atoms with Gasteiger partial charge in [0.2, 0.25) is 5.88 Å². The molecule has 0 saturated heterocycles. The molecule has 2 aromatic heterocycles. The third kappa shape index (κ3) is 3.85. The van der Waals surface area contributed by atoms with Gasteiger partial charge in [-0.15, -0.1) is 0 Å². The van der Waals surface area contributed by atoms with Crippen molar-refractivity contribution in [1.82, 2.24) is 15.1 Å². The van der Waals surface area contributed by atoms with E-state index in [-0.39, 0.29) is 44.6 Å². The molecule has 0 aliphatic heterocycles. The van der Waals surface area contributed by atoms with Gasteiger partial charge in [0.1, 0.15) is 35.6 Å². The smallest absolute Gasteiger partial charge is 0.222 e. The molecule has 2 heterocycles. The van der Waals surface area contributed by atoms with E-state index >= 15 is 0 Å². The lowest BCUT2D eigenvalue weighted by Crippen LogP contribution is -2.07. The minimum Gasteiger partial charge on any atom is -0.481 e. The van der Waals surface area contributed by atoms with Gasteiger partial charge >= 0.3 is 0 Å². The summed E-state index contributed by atoms with van der Waals surface area (Å²) in [6.45, 7) is 0. The number of nitrogens with zero attached hydrogens (tertiary/aromatic N) is 3. The van der Waals surface area contributed by atoms with Crippen molar-refractivity contribution >= 4 is 11.6 Å². The molecule has 158 valence electrons. The van der Waals surface area contributed by atoms with Crippen LogP contribution in [0.3, 0.4) is 0 Å². The maximum Gasteiger partial charge on any atom is 0.222 e. The second-order valence-electron chi connectivity index (χ2n) is 6.41. The standard InChI is InChI=1S/C21H13ClF3N3O3/c1-30-21-14(8-26-9-27-21)19(29)17-18(12-4-2-10(22)6-15(12)24)28-31-20(17)13-5-3-11(23)7-16(13)25/h2-9,19,29H,1H3. The quantitative estimate of drug-likeness (QED) is 0.465.